The summed E-state index contributed by atoms with van der Waals surface area (Å²) in [6.45, 7) is 12.0. The molecule has 0 aromatic carbocycles. The number of hydrogen-bond donors (Lipinski definition) is 0. The van der Waals surface area contributed by atoms with E-state index in [1.165, 1.54) is 0 Å². The van der Waals surface area contributed by atoms with E-state index in [2.05, 4.69) is 0 Å². The highest BCUT2D eigenvalue weighted by Gasteiger charge is 2.51. The summed E-state index contributed by atoms with van der Waals surface area (Å²) in [4.78, 5) is 11.8. The normalized spacial score (nSPS) is 21.1. The highest BCUT2D eigenvalue weighted by Crippen LogP contribution is 2.36. The maximum atomic E-state index is 11.8. The molecule has 0 radical (unpaired) electrons. The van der Waals surface area contributed by atoms with E-state index in [9.17, 15) is 4.79 Å². The molecule has 1 aliphatic heterocycles. The fourth-order valence-corrected chi connectivity index (χ4v) is 2.04. The zero-order valence-corrected chi connectivity index (χ0v) is 12.6. The Kier molecular flexibility index (Phi) is 3.39. The first kappa shape index (κ1) is 14.3. The first-order valence-corrected chi connectivity index (χ1v) is 6.72. The average molecular weight is 263 g/mol. The van der Waals surface area contributed by atoms with Gasteiger partial charge in [-0.25, -0.2) is 0 Å². The summed E-state index contributed by atoms with van der Waals surface area (Å²) in [5.74, 6) is 0. The summed E-state index contributed by atoms with van der Waals surface area (Å²) in [6.07, 6.45) is 1.83. The first-order valence-electron chi connectivity index (χ1n) is 6.72. The van der Waals surface area contributed by atoms with Crippen LogP contribution >= 0.6 is 0 Å². The first-order chi connectivity index (χ1) is 8.64. The van der Waals surface area contributed by atoms with Crippen LogP contribution in [0.1, 0.15) is 47.6 Å². The van der Waals surface area contributed by atoms with Crippen molar-refractivity contribution in [1.82, 2.24) is 4.57 Å². The maximum absolute atomic E-state index is 11.8. The third kappa shape index (κ3) is 2.49. The zero-order chi connectivity index (χ0) is 14.4. The zero-order valence-electron chi connectivity index (χ0n) is 12.6. The van der Waals surface area contributed by atoms with Crippen LogP contribution in [0.15, 0.2) is 23.1 Å². The van der Waals surface area contributed by atoms with Crippen LogP contribution in [0.25, 0.3) is 0 Å². The Bertz CT molecular complexity index is 518. The minimum atomic E-state index is -0.421. The van der Waals surface area contributed by atoms with Crippen molar-refractivity contribution in [3.05, 3.63) is 28.7 Å². The van der Waals surface area contributed by atoms with Crippen molar-refractivity contribution in [3.8, 4) is 0 Å². The lowest BCUT2D eigenvalue weighted by Crippen LogP contribution is -2.41. The molecule has 0 aliphatic carbocycles. The molecular formula is C14H22BNO3. The van der Waals surface area contributed by atoms with E-state index in [4.69, 9.17) is 9.31 Å². The lowest BCUT2D eigenvalue weighted by molar-refractivity contribution is 0.00578. The second-order valence-corrected chi connectivity index (χ2v) is 6.39. The van der Waals surface area contributed by atoms with Gasteiger partial charge in [0.15, 0.2) is 0 Å². The Labute approximate surface area is 114 Å². The summed E-state index contributed by atoms with van der Waals surface area (Å²) in [5, 5.41) is 0. The Morgan fingerprint density at radius 2 is 1.63 bits per heavy atom. The van der Waals surface area contributed by atoms with Crippen LogP contribution in [0.3, 0.4) is 0 Å². The van der Waals surface area contributed by atoms with Crippen molar-refractivity contribution in [2.75, 3.05) is 0 Å². The molecule has 0 atom stereocenters. The van der Waals surface area contributed by atoms with E-state index >= 15 is 0 Å². The Morgan fingerprint density at radius 3 is 2.11 bits per heavy atom. The number of pyridine rings is 1. The molecule has 1 saturated heterocycles. The molecule has 1 fully saturated rings. The third-order valence-corrected chi connectivity index (χ3v) is 4.04. The monoisotopic (exact) mass is 263 g/mol. The van der Waals surface area contributed by atoms with Crippen molar-refractivity contribution in [2.45, 2.75) is 58.8 Å². The standard InChI is InChI=1S/C14H22BNO3/c1-10(2)16-9-11(7-8-12(16)17)15-18-13(3,4)14(5,6)19-15/h7-10H,1-6H3. The molecule has 2 rings (SSSR count). The molecular weight excluding hydrogens is 241 g/mol. The molecule has 19 heavy (non-hydrogen) atoms. The van der Waals surface area contributed by atoms with Gasteiger partial charge in [0, 0.05) is 18.3 Å². The summed E-state index contributed by atoms with van der Waals surface area (Å²) in [6, 6.07) is 3.47. The van der Waals surface area contributed by atoms with E-state index < -0.39 is 7.12 Å². The van der Waals surface area contributed by atoms with Gasteiger partial charge in [0.2, 0.25) is 0 Å². The average Bonchev–Trinajstić information content (AvgIpc) is 2.48. The quantitative estimate of drug-likeness (QED) is 0.763. The minimum absolute atomic E-state index is 0.00438. The number of nitrogens with zero attached hydrogens (tertiary/aromatic N) is 1. The molecule has 0 N–H and O–H groups in total. The van der Waals surface area contributed by atoms with Gasteiger partial charge in [0.1, 0.15) is 0 Å². The van der Waals surface area contributed by atoms with Crippen LogP contribution in [-0.4, -0.2) is 22.9 Å². The molecule has 0 spiro atoms. The fourth-order valence-electron chi connectivity index (χ4n) is 2.04. The molecule has 0 saturated carbocycles. The van der Waals surface area contributed by atoms with E-state index in [1.54, 1.807) is 16.7 Å². The summed E-state index contributed by atoms with van der Waals surface area (Å²) >= 11 is 0. The Balaban J connectivity index is 2.35. The van der Waals surface area contributed by atoms with E-state index in [-0.39, 0.29) is 22.8 Å². The highest BCUT2D eigenvalue weighted by molar-refractivity contribution is 6.62. The summed E-state index contributed by atoms with van der Waals surface area (Å²) in [7, 11) is -0.421. The van der Waals surface area contributed by atoms with Gasteiger partial charge in [-0.05, 0) is 47.0 Å². The number of hydrogen-bond acceptors (Lipinski definition) is 3. The molecule has 104 valence electrons. The molecule has 5 heteroatoms. The van der Waals surface area contributed by atoms with Gasteiger partial charge in [0.25, 0.3) is 5.56 Å². The van der Waals surface area contributed by atoms with Crippen molar-refractivity contribution >= 4 is 12.6 Å². The van der Waals surface area contributed by atoms with Crippen LogP contribution in [0, 0.1) is 0 Å². The smallest absolute Gasteiger partial charge is 0.399 e. The summed E-state index contributed by atoms with van der Waals surface area (Å²) in [5.41, 5.74) is 0.148. The topological polar surface area (TPSA) is 40.5 Å². The maximum Gasteiger partial charge on any atom is 0.496 e. The van der Waals surface area contributed by atoms with Crippen molar-refractivity contribution in [3.63, 3.8) is 0 Å². The van der Waals surface area contributed by atoms with E-state index in [0.717, 1.165) is 5.46 Å². The van der Waals surface area contributed by atoms with Crippen molar-refractivity contribution in [2.24, 2.45) is 0 Å². The molecule has 4 nitrogen and oxygen atoms in total. The Hall–Kier alpha value is -1.07. The van der Waals surface area contributed by atoms with Gasteiger partial charge in [-0.2, -0.15) is 0 Å². The van der Waals surface area contributed by atoms with Crippen LogP contribution in [-0.2, 0) is 9.31 Å². The Morgan fingerprint density at radius 1 is 1.11 bits per heavy atom. The van der Waals surface area contributed by atoms with Gasteiger partial charge in [-0.3, -0.25) is 4.79 Å². The van der Waals surface area contributed by atoms with Gasteiger partial charge in [0.05, 0.1) is 11.2 Å². The molecule has 2 heterocycles. The second-order valence-electron chi connectivity index (χ2n) is 6.39. The van der Waals surface area contributed by atoms with E-state index in [0.29, 0.717) is 0 Å². The van der Waals surface area contributed by atoms with Crippen LogP contribution in [0.4, 0.5) is 0 Å². The predicted octanol–water partition coefficient (Wildman–Crippen LogP) is 1.73. The van der Waals surface area contributed by atoms with E-state index in [1.807, 2.05) is 47.7 Å². The van der Waals surface area contributed by atoms with Gasteiger partial charge in [-0.15, -0.1) is 0 Å². The van der Waals surface area contributed by atoms with Crippen LogP contribution in [0.2, 0.25) is 0 Å². The molecule has 1 aromatic heterocycles. The second kappa shape index (κ2) is 4.49. The van der Waals surface area contributed by atoms with Crippen LogP contribution in [0.5, 0.6) is 0 Å². The predicted molar refractivity (Wildman–Crippen MR) is 76.8 cm³/mol. The summed E-state index contributed by atoms with van der Waals surface area (Å²) < 4.78 is 13.7. The number of aromatic nitrogens is 1. The van der Waals surface area contributed by atoms with Gasteiger partial charge < -0.3 is 13.9 Å². The molecule has 0 amide bonds. The highest BCUT2D eigenvalue weighted by atomic mass is 16.7. The lowest BCUT2D eigenvalue weighted by atomic mass is 9.80. The van der Waals surface area contributed by atoms with Gasteiger partial charge >= 0.3 is 7.12 Å². The fraction of sp³-hybridized carbons (Fsp3) is 0.643. The molecule has 0 bridgehead atoms. The van der Waals surface area contributed by atoms with Gasteiger partial charge in [-0.1, -0.05) is 6.07 Å². The lowest BCUT2D eigenvalue weighted by Gasteiger charge is -2.32. The largest absolute Gasteiger partial charge is 0.496 e. The SMILES string of the molecule is CC(C)n1cc(B2OC(C)(C)C(C)(C)O2)ccc1=O. The third-order valence-electron chi connectivity index (χ3n) is 4.04. The molecule has 0 unspecified atom stereocenters. The minimum Gasteiger partial charge on any atom is -0.399 e. The van der Waals surface area contributed by atoms with Crippen LogP contribution < -0.4 is 11.0 Å². The number of rotatable bonds is 2. The molecule has 1 aliphatic rings. The van der Waals surface area contributed by atoms with Crippen molar-refractivity contribution in [1.29, 1.82) is 0 Å². The van der Waals surface area contributed by atoms with Crippen molar-refractivity contribution < 1.29 is 9.31 Å². The molecule has 1 aromatic rings.